The maximum absolute atomic E-state index is 9.02. The van der Waals surface area contributed by atoms with Crippen molar-refractivity contribution < 1.29 is 0 Å². The van der Waals surface area contributed by atoms with E-state index in [0.717, 1.165) is 15.9 Å². The molecule has 0 aliphatic carbocycles. The Morgan fingerprint density at radius 3 is 3.00 bits per heavy atom. The van der Waals surface area contributed by atoms with E-state index in [2.05, 4.69) is 37.5 Å². The number of benzene rings is 1. The number of rotatable bonds is 3. The van der Waals surface area contributed by atoms with Crippen LogP contribution in [0, 0.1) is 11.3 Å². The quantitative estimate of drug-likeness (QED) is 0.906. The van der Waals surface area contributed by atoms with E-state index in [4.69, 9.17) is 5.26 Å². The van der Waals surface area contributed by atoms with E-state index in [0.29, 0.717) is 12.1 Å². The van der Waals surface area contributed by atoms with Crippen molar-refractivity contribution in [3.05, 3.63) is 46.2 Å². The predicted octanol–water partition coefficient (Wildman–Crippen LogP) is 2.66. The predicted molar refractivity (Wildman–Crippen MR) is 64.8 cm³/mol. The standard InChI is InChI=1S/C11H9BrN4/c12-10-2-1-3-11(9(10)6-13)14-7-8-4-5-15-16-8/h1-5,14H,7H2,(H,15,16). The van der Waals surface area contributed by atoms with E-state index in [-0.39, 0.29) is 0 Å². The van der Waals surface area contributed by atoms with Crippen LogP contribution in [0.3, 0.4) is 0 Å². The van der Waals surface area contributed by atoms with E-state index in [9.17, 15) is 0 Å². The van der Waals surface area contributed by atoms with Gasteiger partial charge < -0.3 is 5.32 Å². The van der Waals surface area contributed by atoms with Crippen LogP contribution in [0.1, 0.15) is 11.3 Å². The van der Waals surface area contributed by atoms with E-state index in [1.165, 1.54) is 0 Å². The van der Waals surface area contributed by atoms with E-state index in [1.807, 2.05) is 24.3 Å². The molecule has 4 nitrogen and oxygen atoms in total. The summed E-state index contributed by atoms with van der Waals surface area (Å²) in [5.74, 6) is 0. The van der Waals surface area contributed by atoms with Gasteiger partial charge in [0.15, 0.2) is 0 Å². The molecule has 1 heterocycles. The van der Waals surface area contributed by atoms with Gasteiger partial charge in [-0.25, -0.2) is 0 Å². The summed E-state index contributed by atoms with van der Waals surface area (Å²) >= 11 is 3.34. The van der Waals surface area contributed by atoms with Gasteiger partial charge in [0.1, 0.15) is 6.07 Å². The Hall–Kier alpha value is -1.80. The van der Waals surface area contributed by atoms with Crippen LogP contribution in [-0.4, -0.2) is 10.2 Å². The minimum Gasteiger partial charge on any atom is -0.378 e. The molecule has 0 bridgehead atoms. The zero-order chi connectivity index (χ0) is 11.4. The fraction of sp³-hybridized carbons (Fsp3) is 0.0909. The molecule has 5 heteroatoms. The van der Waals surface area contributed by atoms with E-state index in [1.54, 1.807) is 6.20 Å². The molecule has 1 aromatic heterocycles. The highest BCUT2D eigenvalue weighted by Crippen LogP contribution is 2.23. The van der Waals surface area contributed by atoms with Crippen LogP contribution < -0.4 is 5.32 Å². The lowest BCUT2D eigenvalue weighted by atomic mass is 10.2. The van der Waals surface area contributed by atoms with Crippen LogP contribution in [0.5, 0.6) is 0 Å². The highest BCUT2D eigenvalue weighted by Gasteiger charge is 2.05. The molecule has 2 N–H and O–H groups in total. The minimum atomic E-state index is 0.613. The van der Waals surface area contributed by atoms with Gasteiger partial charge in [0.2, 0.25) is 0 Å². The number of hydrogen-bond acceptors (Lipinski definition) is 3. The van der Waals surface area contributed by atoms with Crippen molar-refractivity contribution >= 4 is 21.6 Å². The van der Waals surface area contributed by atoms with Crippen molar-refractivity contribution in [1.29, 1.82) is 5.26 Å². The molecule has 0 spiro atoms. The van der Waals surface area contributed by atoms with Crippen molar-refractivity contribution in [2.75, 3.05) is 5.32 Å². The second-order valence-electron chi connectivity index (χ2n) is 3.21. The van der Waals surface area contributed by atoms with Crippen LogP contribution >= 0.6 is 15.9 Å². The molecule has 1 aromatic carbocycles. The molecule has 0 saturated carbocycles. The maximum atomic E-state index is 9.02. The lowest BCUT2D eigenvalue weighted by Gasteiger charge is -2.07. The topological polar surface area (TPSA) is 64.5 Å². The van der Waals surface area contributed by atoms with Gasteiger partial charge in [0.05, 0.1) is 23.5 Å². The zero-order valence-electron chi connectivity index (χ0n) is 8.37. The third kappa shape index (κ3) is 2.23. The molecule has 0 unspecified atom stereocenters. The number of halogens is 1. The summed E-state index contributed by atoms with van der Waals surface area (Å²) in [5, 5.41) is 18.9. The van der Waals surface area contributed by atoms with Gasteiger partial charge >= 0.3 is 0 Å². The Balaban J connectivity index is 2.16. The monoisotopic (exact) mass is 276 g/mol. The molecule has 0 amide bonds. The second kappa shape index (κ2) is 4.81. The zero-order valence-corrected chi connectivity index (χ0v) is 9.95. The first kappa shape index (κ1) is 10.7. The van der Waals surface area contributed by atoms with Crippen LogP contribution in [0.2, 0.25) is 0 Å². The van der Waals surface area contributed by atoms with Crippen molar-refractivity contribution in [1.82, 2.24) is 10.2 Å². The summed E-state index contributed by atoms with van der Waals surface area (Å²) in [6, 6.07) is 9.66. The average molecular weight is 277 g/mol. The summed E-state index contributed by atoms with van der Waals surface area (Å²) in [7, 11) is 0. The molecule has 0 aliphatic rings. The van der Waals surface area contributed by atoms with E-state index < -0.39 is 0 Å². The first-order valence-corrected chi connectivity index (χ1v) is 5.51. The summed E-state index contributed by atoms with van der Waals surface area (Å²) in [5.41, 5.74) is 2.40. The molecular formula is C11H9BrN4. The molecular weight excluding hydrogens is 268 g/mol. The summed E-state index contributed by atoms with van der Waals surface area (Å²) in [4.78, 5) is 0. The first-order chi connectivity index (χ1) is 7.81. The van der Waals surface area contributed by atoms with Gasteiger partial charge in [-0.1, -0.05) is 6.07 Å². The normalized spacial score (nSPS) is 9.75. The molecule has 0 radical (unpaired) electrons. The molecule has 2 rings (SSSR count). The number of hydrogen-bond donors (Lipinski definition) is 2. The largest absolute Gasteiger partial charge is 0.378 e. The summed E-state index contributed by atoms with van der Waals surface area (Å²) in [6.07, 6.45) is 1.70. The van der Waals surface area contributed by atoms with Gasteiger partial charge in [-0.15, -0.1) is 0 Å². The van der Waals surface area contributed by atoms with Gasteiger partial charge in [-0.05, 0) is 34.1 Å². The van der Waals surface area contributed by atoms with Crippen molar-refractivity contribution in [3.63, 3.8) is 0 Å². The van der Waals surface area contributed by atoms with Crippen LogP contribution in [0.15, 0.2) is 34.9 Å². The number of aromatic amines is 1. The Kier molecular flexibility index (Phi) is 3.22. The highest BCUT2D eigenvalue weighted by molar-refractivity contribution is 9.10. The van der Waals surface area contributed by atoms with Crippen molar-refractivity contribution in [2.45, 2.75) is 6.54 Å². The molecule has 0 aliphatic heterocycles. The van der Waals surface area contributed by atoms with Gasteiger partial charge in [-0.2, -0.15) is 10.4 Å². The summed E-state index contributed by atoms with van der Waals surface area (Å²) < 4.78 is 0.796. The Morgan fingerprint density at radius 2 is 2.31 bits per heavy atom. The van der Waals surface area contributed by atoms with Gasteiger partial charge in [0.25, 0.3) is 0 Å². The number of nitrogens with one attached hydrogen (secondary N) is 2. The molecule has 0 fully saturated rings. The van der Waals surface area contributed by atoms with Crippen molar-refractivity contribution in [2.24, 2.45) is 0 Å². The molecule has 0 saturated heterocycles. The Morgan fingerprint density at radius 1 is 1.44 bits per heavy atom. The van der Waals surface area contributed by atoms with Crippen molar-refractivity contribution in [3.8, 4) is 6.07 Å². The Bertz CT molecular complexity index is 513. The highest BCUT2D eigenvalue weighted by atomic mass is 79.9. The molecule has 0 atom stereocenters. The van der Waals surface area contributed by atoms with E-state index >= 15 is 0 Å². The number of H-pyrrole nitrogens is 1. The number of aromatic nitrogens is 2. The van der Waals surface area contributed by atoms with Gasteiger partial charge in [-0.3, -0.25) is 5.10 Å². The van der Waals surface area contributed by atoms with Crippen LogP contribution in [0.4, 0.5) is 5.69 Å². The smallest absolute Gasteiger partial charge is 0.103 e. The number of nitriles is 1. The minimum absolute atomic E-state index is 0.613. The lowest BCUT2D eigenvalue weighted by Crippen LogP contribution is -2.01. The third-order valence-corrected chi connectivity index (χ3v) is 2.81. The molecule has 16 heavy (non-hydrogen) atoms. The molecule has 80 valence electrons. The molecule has 2 aromatic rings. The lowest BCUT2D eigenvalue weighted by molar-refractivity contribution is 0.981. The fourth-order valence-electron chi connectivity index (χ4n) is 1.36. The van der Waals surface area contributed by atoms with Crippen LogP contribution in [0.25, 0.3) is 0 Å². The van der Waals surface area contributed by atoms with Gasteiger partial charge in [0, 0.05) is 10.7 Å². The maximum Gasteiger partial charge on any atom is 0.103 e. The number of anilines is 1. The average Bonchev–Trinajstić information content (AvgIpc) is 2.79. The number of nitrogens with zero attached hydrogens (tertiary/aromatic N) is 2. The summed E-state index contributed by atoms with van der Waals surface area (Å²) in [6.45, 7) is 0.616. The SMILES string of the molecule is N#Cc1c(Br)cccc1NCc1ccn[nH]1. The second-order valence-corrected chi connectivity index (χ2v) is 4.06. The van der Waals surface area contributed by atoms with Crippen LogP contribution in [-0.2, 0) is 6.54 Å². The Labute approximate surface area is 101 Å². The fourth-order valence-corrected chi connectivity index (χ4v) is 1.81. The first-order valence-electron chi connectivity index (χ1n) is 4.72. The third-order valence-electron chi connectivity index (χ3n) is 2.15.